The van der Waals surface area contributed by atoms with Gasteiger partial charge in [0.15, 0.2) is 0 Å². The molecule has 0 amide bonds. The Hall–Kier alpha value is -3.31. The molecule has 0 fully saturated rings. The van der Waals surface area contributed by atoms with E-state index in [0.29, 0.717) is 5.69 Å². The van der Waals surface area contributed by atoms with Crippen LogP contribution < -0.4 is 5.56 Å². The van der Waals surface area contributed by atoms with Crippen molar-refractivity contribution in [2.24, 2.45) is 0 Å². The van der Waals surface area contributed by atoms with Crippen LogP contribution in [0.3, 0.4) is 0 Å². The summed E-state index contributed by atoms with van der Waals surface area (Å²) in [7, 11) is 0. The lowest BCUT2D eigenvalue weighted by Crippen LogP contribution is -2.23. The second-order valence-corrected chi connectivity index (χ2v) is 6.28. The van der Waals surface area contributed by atoms with Crippen LogP contribution in [-0.4, -0.2) is 14.5 Å². The summed E-state index contributed by atoms with van der Waals surface area (Å²) in [4.78, 5) is 27.0. The highest BCUT2D eigenvalue weighted by Gasteiger charge is 2.15. The Balaban J connectivity index is 1.94. The molecule has 0 unspecified atom stereocenters. The zero-order valence-corrected chi connectivity index (χ0v) is 14.0. The van der Waals surface area contributed by atoms with Gasteiger partial charge in [-0.2, -0.15) is 5.26 Å². The van der Waals surface area contributed by atoms with Crippen molar-refractivity contribution in [1.82, 2.24) is 9.55 Å². The molecule has 3 aromatic rings. The molecule has 2 aromatic heterocycles. The molecule has 3 rings (SSSR count). The summed E-state index contributed by atoms with van der Waals surface area (Å²) in [6, 6.07) is 10.6. The summed E-state index contributed by atoms with van der Waals surface area (Å²) in [6.07, 6.45) is 1.13. The fraction of sp³-hybridized carbons (Fsp3) is 0.118. The summed E-state index contributed by atoms with van der Waals surface area (Å²) in [5, 5.41) is 22.6. The van der Waals surface area contributed by atoms with E-state index in [4.69, 9.17) is 5.26 Å². The fourth-order valence-electron chi connectivity index (χ4n) is 2.30. The number of aryl methyl sites for hydroxylation is 1. The SMILES string of the molecule is Cc1ccc(-c2nc(Cn3cc([N+](=O)[O-])cc(C#N)c3=O)cs2)cc1. The van der Waals surface area contributed by atoms with Crippen molar-refractivity contribution in [3.05, 3.63) is 79.2 Å². The Bertz CT molecular complexity index is 1040. The van der Waals surface area contributed by atoms with Crippen LogP contribution in [0.2, 0.25) is 0 Å². The zero-order valence-electron chi connectivity index (χ0n) is 13.2. The van der Waals surface area contributed by atoms with Gasteiger partial charge in [-0.15, -0.1) is 11.3 Å². The number of nitro groups is 1. The molecule has 0 saturated carbocycles. The Kier molecular flexibility index (Phi) is 4.41. The predicted octanol–water partition coefficient (Wildman–Crippen LogP) is 3.11. The average molecular weight is 352 g/mol. The molecule has 8 heteroatoms. The lowest BCUT2D eigenvalue weighted by molar-refractivity contribution is -0.385. The van der Waals surface area contributed by atoms with Crippen LogP contribution in [0.1, 0.15) is 16.8 Å². The van der Waals surface area contributed by atoms with Gasteiger partial charge in [0.2, 0.25) is 0 Å². The van der Waals surface area contributed by atoms with E-state index in [0.717, 1.165) is 33.0 Å². The third kappa shape index (κ3) is 3.46. The third-order valence-electron chi connectivity index (χ3n) is 3.59. The van der Waals surface area contributed by atoms with Gasteiger partial charge in [-0.3, -0.25) is 14.9 Å². The standard InChI is InChI=1S/C17H12N4O3S/c1-11-2-4-12(5-3-11)16-19-14(10-25-16)8-20-9-15(21(23)24)6-13(7-18)17(20)22/h2-6,9-10H,8H2,1H3. The minimum atomic E-state index is -0.629. The van der Waals surface area contributed by atoms with Gasteiger partial charge in [0.1, 0.15) is 16.6 Å². The molecule has 0 aliphatic carbocycles. The molecule has 0 spiro atoms. The quantitative estimate of drug-likeness (QED) is 0.530. The molecule has 0 radical (unpaired) electrons. The lowest BCUT2D eigenvalue weighted by atomic mass is 10.2. The number of thiazole rings is 1. The zero-order chi connectivity index (χ0) is 18.0. The molecule has 124 valence electrons. The maximum atomic E-state index is 12.2. The van der Waals surface area contributed by atoms with Crippen molar-refractivity contribution in [1.29, 1.82) is 5.26 Å². The van der Waals surface area contributed by atoms with Crippen LogP contribution in [0.4, 0.5) is 5.69 Å². The van der Waals surface area contributed by atoms with Crippen molar-refractivity contribution in [3.63, 3.8) is 0 Å². The molecular weight excluding hydrogens is 340 g/mol. The molecule has 0 bridgehead atoms. The van der Waals surface area contributed by atoms with E-state index in [1.807, 2.05) is 31.2 Å². The summed E-state index contributed by atoms with van der Waals surface area (Å²) in [5.74, 6) is 0. The summed E-state index contributed by atoms with van der Waals surface area (Å²) < 4.78 is 1.14. The van der Waals surface area contributed by atoms with Crippen LogP contribution in [-0.2, 0) is 6.54 Å². The van der Waals surface area contributed by atoms with Gasteiger partial charge >= 0.3 is 0 Å². The first-order valence-electron chi connectivity index (χ1n) is 7.28. The number of pyridine rings is 1. The van der Waals surface area contributed by atoms with Gasteiger partial charge < -0.3 is 4.57 Å². The van der Waals surface area contributed by atoms with Crippen LogP contribution in [0, 0.1) is 28.4 Å². The van der Waals surface area contributed by atoms with Gasteiger partial charge in [-0.1, -0.05) is 29.8 Å². The molecule has 7 nitrogen and oxygen atoms in total. The summed E-state index contributed by atoms with van der Waals surface area (Å²) in [6.45, 7) is 2.07. The van der Waals surface area contributed by atoms with Gasteiger partial charge in [0.25, 0.3) is 11.2 Å². The van der Waals surface area contributed by atoms with E-state index in [2.05, 4.69) is 4.98 Å². The molecular formula is C17H12N4O3S. The highest BCUT2D eigenvalue weighted by Crippen LogP contribution is 2.24. The monoisotopic (exact) mass is 352 g/mol. The van der Waals surface area contributed by atoms with E-state index >= 15 is 0 Å². The first kappa shape index (κ1) is 16.5. The van der Waals surface area contributed by atoms with Crippen molar-refractivity contribution < 1.29 is 4.92 Å². The molecule has 0 atom stereocenters. The van der Waals surface area contributed by atoms with Gasteiger partial charge in [-0.25, -0.2) is 4.98 Å². The molecule has 2 heterocycles. The summed E-state index contributed by atoms with van der Waals surface area (Å²) in [5.41, 5.74) is 1.58. The van der Waals surface area contributed by atoms with Gasteiger partial charge in [0.05, 0.1) is 23.4 Å². The van der Waals surface area contributed by atoms with E-state index in [1.54, 1.807) is 11.4 Å². The summed E-state index contributed by atoms with van der Waals surface area (Å²) >= 11 is 1.43. The fourth-order valence-corrected chi connectivity index (χ4v) is 3.12. The van der Waals surface area contributed by atoms with Gasteiger partial charge in [0, 0.05) is 17.0 Å². The molecule has 1 aromatic carbocycles. The van der Waals surface area contributed by atoms with Crippen LogP contribution in [0.5, 0.6) is 0 Å². The maximum Gasteiger partial charge on any atom is 0.287 e. The maximum absolute atomic E-state index is 12.2. The van der Waals surface area contributed by atoms with Crippen LogP contribution >= 0.6 is 11.3 Å². The first-order valence-corrected chi connectivity index (χ1v) is 8.16. The molecule has 0 N–H and O–H groups in total. The number of hydrogen-bond acceptors (Lipinski definition) is 6. The van der Waals surface area contributed by atoms with Crippen molar-refractivity contribution >= 4 is 17.0 Å². The largest absolute Gasteiger partial charge is 0.302 e. The minimum absolute atomic E-state index is 0.0670. The third-order valence-corrected chi connectivity index (χ3v) is 4.53. The highest BCUT2D eigenvalue weighted by atomic mass is 32.1. The Morgan fingerprint density at radius 2 is 2.08 bits per heavy atom. The van der Waals surface area contributed by atoms with E-state index in [-0.39, 0.29) is 17.8 Å². The number of aromatic nitrogens is 2. The first-order chi connectivity index (χ1) is 12.0. The molecule has 25 heavy (non-hydrogen) atoms. The minimum Gasteiger partial charge on any atom is -0.302 e. The average Bonchev–Trinajstić information content (AvgIpc) is 3.05. The second-order valence-electron chi connectivity index (χ2n) is 5.42. The van der Waals surface area contributed by atoms with Crippen LogP contribution in [0.25, 0.3) is 10.6 Å². The van der Waals surface area contributed by atoms with Gasteiger partial charge in [-0.05, 0) is 6.92 Å². The van der Waals surface area contributed by atoms with E-state index in [9.17, 15) is 14.9 Å². The normalized spacial score (nSPS) is 10.4. The molecule has 0 saturated heterocycles. The van der Waals surface area contributed by atoms with Crippen molar-refractivity contribution in [2.45, 2.75) is 13.5 Å². The van der Waals surface area contributed by atoms with E-state index in [1.165, 1.54) is 11.3 Å². The number of nitriles is 1. The second kappa shape index (κ2) is 6.67. The smallest absolute Gasteiger partial charge is 0.287 e. The lowest BCUT2D eigenvalue weighted by Gasteiger charge is -2.04. The van der Waals surface area contributed by atoms with Crippen molar-refractivity contribution in [2.75, 3.05) is 0 Å². The van der Waals surface area contributed by atoms with Crippen molar-refractivity contribution in [3.8, 4) is 16.6 Å². The topological polar surface area (TPSA) is 102 Å². The Morgan fingerprint density at radius 1 is 1.36 bits per heavy atom. The number of hydrogen-bond donors (Lipinski definition) is 0. The Labute approximate surface area is 146 Å². The number of nitrogens with zero attached hydrogens (tertiary/aromatic N) is 4. The molecule has 0 aliphatic heterocycles. The Morgan fingerprint density at radius 3 is 2.72 bits per heavy atom. The van der Waals surface area contributed by atoms with E-state index < -0.39 is 10.5 Å². The number of benzene rings is 1. The predicted molar refractivity (Wildman–Crippen MR) is 93.5 cm³/mol. The highest BCUT2D eigenvalue weighted by molar-refractivity contribution is 7.13. The number of rotatable bonds is 4. The van der Waals surface area contributed by atoms with Crippen LogP contribution in [0.15, 0.2) is 46.7 Å². The molecule has 0 aliphatic rings.